The molecular formula is C14H18N4O2S. The van der Waals surface area contributed by atoms with Gasteiger partial charge in [-0.1, -0.05) is 11.8 Å². The molecule has 0 aliphatic rings. The summed E-state index contributed by atoms with van der Waals surface area (Å²) in [6.07, 6.45) is 3.60. The highest BCUT2D eigenvalue weighted by atomic mass is 32.2. The monoisotopic (exact) mass is 306 g/mol. The molecule has 0 saturated heterocycles. The van der Waals surface area contributed by atoms with E-state index in [9.17, 15) is 9.59 Å². The molecule has 21 heavy (non-hydrogen) atoms. The van der Waals surface area contributed by atoms with E-state index in [2.05, 4.69) is 15.3 Å². The summed E-state index contributed by atoms with van der Waals surface area (Å²) in [7, 11) is 1.92. The minimum Gasteiger partial charge on any atom is -0.351 e. The molecule has 0 spiro atoms. The van der Waals surface area contributed by atoms with Crippen molar-refractivity contribution in [3.05, 3.63) is 45.6 Å². The van der Waals surface area contributed by atoms with Gasteiger partial charge in [0.15, 0.2) is 5.16 Å². The number of imidazole rings is 1. The third-order valence-electron chi connectivity index (χ3n) is 2.99. The number of aromatic amines is 1. The highest BCUT2D eigenvalue weighted by Crippen LogP contribution is 2.13. The Morgan fingerprint density at radius 3 is 2.86 bits per heavy atom. The van der Waals surface area contributed by atoms with Gasteiger partial charge in [0.1, 0.15) is 5.56 Å². The Morgan fingerprint density at radius 1 is 1.48 bits per heavy atom. The van der Waals surface area contributed by atoms with E-state index in [-0.39, 0.29) is 17.0 Å². The topological polar surface area (TPSA) is 79.8 Å². The van der Waals surface area contributed by atoms with Crippen molar-refractivity contribution in [2.45, 2.75) is 19.0 Å². The van der Waals surface area contributed by atoms with Gasteiger partial charge in [-0.05, 0) is 25.5 Å². The molecule has 1 amide bonds. The molecule has 0 aliphatic heterocycles. The summed E-state index contributed by atoms with van der Waals surface area (Å²) in [5.41, 5.74) is 1.27. The molecule has 0 atom stereocenters. The quantitative estimate of drug-likeness (QED) is 0.643. The molecule has 0 aromatic carbocycles. The van der Waals surface area contributed by atoms with Crippen molar-refractivity contribution in [1.29, 1.82) is 0 Å². The lowest BCUT2D eigenvalue weighted by Crippen LogP contribution is -2.32. The Hall–Kier alpha value is -2.02. The molecule has 2 heterocycles. The number of hydrogen-bond donors (Lipinski definition) is 2. The smallest absolute Gasteiger partial charge is 0.261 e. The van der Waals surface area contributed by atoms with Gasteiger partial charge in [0.05, 0.1) is 0 Å². The largest absolute Gasteiger partial charge is 0.351 e. The standard InChI is InChI=1S/C14H18N4O2S/c1-9-8-10(2)17-13(20)11(9)12(19)15-5-7-21-14-16-4-6-18(14)3/h4,6,8H,5,7H2,1-3H3,(H,15,19)(H,17,20). The van der Waals surface area contributed by atoms with Crippen LogP contribution >= 0.6 is 11.8 Å². The van der Waals surface area contributed by atoms with E-state index >= 15 is 0 Å². The maximum Gasteiger partial charge on any atom is 0.261 e. The Labute approximate surface area is 127 Å². The van der Waals surface area contributed by atoms with Crippen LogP contribution in [0, 0.1) is 13.8 Å². The number of amides is 1. The number of carbonyl (C=O) groups is 1. The first-order chi connectivity index (χ1) is 9.99. The van der Waals surface area contributed by atoms with Gasteiger partial charge < -0.3 is 14.9 Å². The molecule has 0 unspecified atom stereocenters. The summed E-state index contributed by atoms with van der Waals surface area (Å²) in [5.74, 6) is 0.355. The normalized spacial score (nSPS) is 10.6. The van der Waals surface area contributed by atoms with E-state index in [0.29, 0.717) is 17.9 Å². The van der Waals surface area contributed by atoms with Crippen molar-refractivity contribution in [3.8, 4) is 0 Å². The Morgan fingerprint density at radius 2 is 2.24 bits per heavy atom. The molecule has 0 aliphatic carbocycles. The Balaban J connectivity index is 1.91. The van der Waals surface area contributed by atoms with Crippen molar-refractivity contribution in [3.63, 3.8) is 0 Å². The lowest BCUT2D eigenvalue weighted by Gasteiger charge is -2.07. The number of H-pyrrole nitrogens is 1. The first-order valence-electron chi connectivity index (χ1n) is 6.58. The van der Waals surface area contributed by atoms with Crippen LogP contribution < -0.4 is 10.9 Å². The molecule has 0 fully saturated rings. The molecule has 2 rings (SSSR count). The molecule has 0 bridgehead atoms. The number of nitrogens with zero attached hydrogens (tertiary/aromatic N) is 2. The molecular weight excluding hydrogens is 288 g/mol. The number of thioether (sulfide) groups is 1. The van der Waals surface area contributed by atoms with Gasteiger partial charge in [0, 0.05) is 37.4 Å². The third kappa shape index (κ3) is 3.75. The zero-order chi connectivity index (χ0) is 15.4. The average molecular weight is 306 g/mol. The van der Waals surface area contributed by atoms with Crippen LogP contribution in [0.2, 0.25) is 0 Å². The SMILES string of the molecule is Cc1cc(C)c(C(=O)NCCSc2nccn2C)c(=O)[nH]1. The zero-order valence-corrected chi connectivity index (χ0v) is 13.1. The second kappa shape index (κ2) is 6.62. The van der Waals surface area contributed by atoms with E-state index in [1.54, 1.807) is 37.9 Å². The zero-order valence-electron chi connectivity index (χ0n) is 12.3. The fourth-order valence-electron chi connectivity index (χ4n) is 2.02. The van der Waals surface area contributed by atoms with Crippen LogP contribution in [0.3, 0.4) is 0 Å². The first kappa shape index (κ1) is 15.4. The van der Waals surface area contributed by atoms with E-state index in [0.717, 1.165) is 10.9 Å². The van der Waals surface area contributed by atoms with Crippen molar-refractivity contribution in [1.82, 2.24) is 19.9 Å². The van der Waals surface area contributed by atoms with Crippen molar-refractivity contribution in [2.24, 2.45) is 7.05 Å². The molecule has 2 N–H and O–H groups in total. The van der Waals surface area contributed by atoms with Crippen LogP contribution in [0.25, 0.3) is 0 Å². The van der Waals surface area contributed by atoms with Gasteiger partial charge in [0.2, 0.25) is 0 Å². The lowest BCUT2D eigenvalue weighted by atomic mass is 10.1. The van der Waals surface area contributed by atoms with Gasteiger partial charge in [0.25, 0.3) is 11.5 Å². The lowest BCUT2D eigenvalue weighted by molar-refractivity contribution is 0.0954. The summed E-state index contributed by atoms with van der Waals surface area (Å²) < 4.78 is 1.92. The molecule has 6 nitrogen and oxygen atoms in total. The van der Waals surface area contributed by atoms with E-state index in [1.165, 1.54) is 0 Å². The summed E-state index contributed by atoms with van der Waals surface area (Å²) in [5, 5.41) is 3.66. The number of nitrogens with one attached hydrogen (secondary N) is 2. The van der Waals surface area contributed by atoms with Crippen molar-refractivity contribution in [2.75, 3.05) is 12.3 Å². The van der Waals surface area contributed by atoms with Crippen LogP contribution in [-0.2, 0) is 7.05 Å². The Kier molecular flexibility index (Phi) is 4.85. The van der Waals surface area contributed by atoms with Gasteiger partial charge in [-0.2, -0.15) is 0 Å². The van der Waals surface area contributed by atoms with Gasteiger partial charge in [-0.3, -0.25) is 9.59 Å². The second-order valence-electron chi connectivity index (χ2n) is 4.76. The minimum atomic E-state index is -0.346. The Bertz CT molecular complexity index is 705. The molecule has 7 heteroatoms. The summed E-state index contributed by atoms with van der Waals surface area (Å²) >= 11 is 1.55. The molecule has 2 aromatic rings. The number of aryl methyl sites for hydroxylation is 3. The van der Waals surface area contributed by atoms with Gasteiger partial charge >= 0.3 is 0 Å². The molecule has 112 valence electrons. The summed E-state index contributed by atoms with van der Waals surface area (Å²) in [6, 6.07) is 1.79. The van der Waals surface area contributed by atoms with Crippen LogP contribution in [-0.4, -0.2) is 32.7 Å². The van der Waals surface area contributed by atoms with E-state index in [1.807, 2.05) is 17.8 Å². The van der Waals surface area contributed by atoms with E-state index in [4.69, 9.17) is 0 Å². The number of hydrogen-bond acceptors (Lipinski definition) is 4. The number of carbonyl (C=O) groups excluding carboxylic acids is 1. The van der Waals surface area contributed by atoms with Crippen molar-refractivity contribution >= 4 is 17.7 Å². The predicted octanol–water partition coefficient (Wildman–Crippen LogP) is 1.25. The van der Waals surface area contributed by atoms with Crippen molar-refractivity contribution < 1.29 is 4.79 Å². The number of rotatable bonds is 5. The number of aromatic nitrogens is 3. The third-order valence-corrected chi connectivity index (χ3v) is 4.05. The first-order valence-corrected chi connectivity index (χ1v) is 7.56. The second-order valence-corrected chi connectivity index (χ2v) is 5.83. The minimum absolute atomic E-state index is 0.183. The van der Waals surface area contributed by atoms with Crippen LogP contribution in [0.1, 0.15) is 21.6 Å². The van der Waals surface area contributed by atoms with Crippen LogP contribution in [0.5, 0.6) is 0 Å². The maximum atomic E-state index is 12.1. The van der Waals surface area contributed by atoms with E-state index < -0.39 is 0 Å². The van der Waals surface area contributed by atoms with Crippen LogP contribution in [0.15, 0.2) is 28.4 Å². The average Bonchev–Trinajstić information content (AvgIpc) is 2.79. The fraction of sp³-hybridized carbons (Fsp3) is 0.357. The van der Waals surface area contributed by atoms with Crippen LogP contribution in [0.4, 0.5) is 0 Å². The molecule has 0 radical (unpaired) electrons. The summed E-state index contributed by atoms with van der Waals surface area (Å²) in [6.45, 7) is 4.03. The maximum absolute atomic E-state index is 12.1. The molecule has 2 aromatic heterocycles. The van der Waals surface area contributed by atoms with Gasteiger partial charge in [-0.15, -0.1) is 0 Å². The summed E-state index contributed by atoms with van der Waals surface area (Å²) in [4.78, 5) is 30.7. The predicted molar refractivity (Wildman–Crippen MR) is 82.8 cm³/mol. The highest BCUT2D eigenvalue weighted by Gasteiger charge is 2.13. The number of pyridine rings is 1. The fourth-order valence-corrected chi connectivity index (χ4v) is 2.81. The van der Waals surface area contributed by atoms with Gasteiger partial charge in [-0.25, -0.2) is 4.98 Å². The highest BCUT2D eigenvalue weighted by molar-refractivity contribution is 7.99. The molecule has 0 saturated carbocycles.